The Morgan fingerprint density at radius 2 is 1.81 bits per heavy atom. The van der Waals surface area contributed by atoms with Gasteiger partial charge in [0.1, 0.15) is 10.6 Å². The Morgan fingerprint density at radius 3 is 2.38 bits per heavy atom. The van der Waals surface area contributed by atoms with Gasteiger partial charge in [-0.3, -0.25) is 9.59 Å². The van der Waals surface area contributed by atoms with E-state index in [4.69, 9.17) is 4.74 Å². The first-order chi connectivity index (χ1) is 15.1. The van der Waals surface area contributed by atoms with E-state index in [1.165, 1.54) is 24.4 Å². The number of carbonyl (C=O) groups excluding carboxylic acids is 2. The van der Waals surface area contributed by atoms with E-state index in [1.54, 1.807) is 32.9 Å². The fraction of sp³-hybridized carbons (Fsp3) is 0.478. The number of H-pyrrole nitrogens is 1. The van der Waals surface area contributed by atoms with Crippen molar-refractivity contribution in [2.24, 2.45) is 0 Å². The Kier molecular flexibility index (Phi) is 7.09. The third-order valence-electron chi connectivity index (χ3n) is 5.91. The van der Waals surface area contributed by atoms with Crippen LogP contribution < -0.4 is 10.1 Å². The van der Waals surface area contributed by atoms with Crippen LogP contribution in [0.5, 0.6) is 5.75 Å². The van der Waals surface area contributed by atoms with Gasteiger partial charge in [-0.2, -0.15) is 4.31 Å². The predicted molar refractivity (Wildman–Crippen MR) is 123 cm³/mol. The summed E-state index contributed by atoms with van der Waals surface area (Å²) in [7, 11) is -2.28. The number of carbonyl (C=O) groups is 2. The first-order valence-corrected chi connectivity index (χ1v) is 12.2. The molecule has 2 aromatic rings. The molecule has 0 aliphatic carbocycles. The van der Waals surface area contributed by atoms with Gasteiger partial charge < -0.3 is 15.0 Å². The summed E-state index contributed by atoms with van der Waals surface area (Å²) in [6.45, 7) is 7.66. The maximum Gasteiger partial charge on any atom is 0.246 e. The summed E-state index contributed by atoms with van der Waals surface area (Å²) in [5, 5.41) is 3.10. The molecule has 0 radical (unpaired) electrons. The van der Waals surface area contributed by atoms with Crippen molar-refractivity contribution < 1.29 is 22.7 Å². The van der Waals surface area contributed by atoms with Crippen molar-refractivity contribution in [3.05, 3.63) is 40.7 Å². The lowest BCUT2D eigenvalue weighted by atomic mass is 10.0. The number of ketones is 2. The van der Waals surface area contributed by atoms with Crippen LogP contribution in [0.3, 0.4) is 0 Å². The van der Waals surface area contributed by atoms with Gasteiger partial charge in [0.15, 0.2) is 5.78 Å². The highest BCUT2D eigenvalue weighted by Gasteiger charge is 2.30. The van der Waals surface area contributed by atoms with Crippen molar-refractivity contribution in [1.82, 2.24) is 9.29 Å². The molecule has 0 saturated carbocycles. The summed E-state index contributed by atoms with van der Waals surface area (Å²) >= 11 is 0. The monoisotopic (exact) mass is 461 g/mol. The lowest BCUT2D eigenvalue weighted by molar-refractivity contribution is 0.0970. The minimum atomic E-state index is -3.71. The fourth-order valence-corrected chi connectivity index (χ4v) is 5.97. The zero-order valence-electron chi connectivity index (χ0n) is 19.2. The Bertz CT molecular complexity index is 1130. The summed E-state index contributed by atoms with van der Waals surface area (Å²) in [4.78, 5) is 28.0. The summed E-state index contributed by atoms with van der Waals surface area (Å²) in [5.74, 6) is -0.0463. The molecule has 0 bridgehead atoms. The van der Waals surface area contributed by atoms with Crippen LogP contribution in [0.25, 0.3) is 0 Å². The van der Waals surface area contributed by atoms with Gasteiger partial charge in [-0.15, -0.1) is 0 Å². The molecule has 1 aliphatic rings. The maximum atomic E-state index is 13.2. The van der Waals surface area contributed by atoms with E-state index in [0.717, 1.165) is 19.3 Å². The number of nitrogens with one attached hydrogen (secondary N) is 2. The van der Waals surface area contributed by atoms with Gasteiger partial charge in [0.2, 0.25) is 15.8 Å². The van der Waals surface area contributed by atoms with Crippen LogP contribution in [0, 0.1) is 13.8 Å². The summed E-state index contributed by atoms with van der Waals surface area (Å²) in [6, 6.07) is 4.14. The SMILES string of the molecule is COc1ccc(NC(C)C(=O)c2[nH]c(C)c(C(C)=O)c2C)cc1S(=O)(=O)N1CCCCC1. The molecule has 8 nitrogen and oxygen atoms in total. The third-order valence-corrected chi connectivity index (χ3v) is 7.83. The first-order valence-electron chi connectivity index (χ1n) is 10.8. The van der Waals surface area contributed by atoms with Crippen LogP contribution in [0.4, 0.5) is 5.69 Å². The summed E-state index contributed by atoms with van der Waals surface area (Å²) < 4.78 is 33.2. The molecule has 9 heteroatoms. The van der Waals surface area contributed by atoms with E-state index in [0.29, 0.717) is 41.3 Å². The number of benzene rings is 1. The number of methoxy groups -OCH3 is 1. The molecule has 3 rings (SSSR count). The zero-order chi connectivity index (χ0) is 23.6. The number of piperidine rings is 1. The highest BCUT2D eigenvalue weighted by atomic mass is 32.2. The number of ether oxygens (including phenoxy) is 1. The molecule has 1 aromatic carbocycles. The summed E-state index contributed by atoms with van der Waals surface area (Å²) in [6.07, 6.45) is 2.69. The van der Waals surface area contributed by atoms with Crippen molar-refractivity contribution in [1.29, 1.82) is 0 Å². The molecular formula is C23H31N3O5S. The number of anilines is 1. The molecule has 2 N–H and O–H groups in total. The van der Waals surface area contributed by atoms with Gasteiger partial charge in [-0.25, -0.2) is 8.42 Å². The predicted octanol–water partition coefficient (Wildman–Crippen LogP) is 3.70. The number of nitrogens with zero attached hydrogens (tertiary/aromatic N) is 1. The van der Waals surface area contributed by atoms with Gasteiger partial charge in [0.25, 0.3) is 0 Å². The molecule has 174 valence electrons. The topological polar surface area (TPSA) is 109 Å². The van der Waals surface area contributed by atoms with Crippen molar-refractivity contribution in [3.63, 3.8) is 0 Å². The van der Waals surface area contributed by atoms with Crippen molar-refractivity contribution in [2.45, 2.75) is 57.9 Å². The molecule has 1 unspecified atom stereocenters. The van der Waals surface area contributed by atoms with E-state index in [2.05, 4.69) is 10.3 Å². The Morgan fingerprint density at radius 1 is 1.16 bits per heavy atom. The third kappa shape index (κ3) is 4.59. The second kappa shape index (κ2) is 9.46. The van der Waals surface area contributed by atoms with Crippen LogP contribution in [0.1, 0.15) is 65.2 Å². The fourth-order valence-electron chi connectivity index (χ4n) is 4.27. The van der Waals surface area contributed by atoms with E-state index >= 15 is 0 Å². The molecule has 0 spiro atoms. The van der Waals surface area contributed by atoms with E-state index in [1.807, 2.05) is 0 Å². The number of hydrogen-bond acceptors (Lipinski definition) is 6. The number of aryl methyl sites for hydroxylation is 1. The highest BCUT2D eigenvalue weighted by molar-refractivity contribution is 7.89. The van der Waals surface area contributed by atoms with Gasteiger partial charge in [-0.1, -0.05) is 6.42 Å². The summed E-state index contributed by atoms with van der Waals surface area (Å²) in [5.41, 5.74) is 2.68. The number of hydrogen-bond donors (Lipinski definition) is 2. The number of Topliss-reactive ketones (excluding diaryl/α,β-unsaturated/α-hetero) is 2. The van der Waals surface area contributed by atoms with Crippen LogP contribution in [-0.2, 0) is 10.0 Å². The zero-order valence-corrected chi connectivity index (χ0v) is 20.1. The van der Waals surface area contributed by atoms with Gasteiger partial charge in [0.05, 0.1) is 18.8 Å². The van der Waals surface area contributed by atoms with Crippen molar-refractivity contribution >= 4 is 27.3 Å². The molecule has 1 fully saturated rings. The van der Waals surface area contributed by atoms with Crippen molar-refractivity contribution in [2.75, 3.05) is 25.5 Å². The Hall–Kier alpha value is -2.65. The number of rotatable bonds is 8. The molecule has 2 heterocycles. The Labute approximate surface area is 189 Å². The van der Waals surface area contributed by atoms with E-state index in [-0.39, 0.29) is 22.2 Å². The van der Waals surface area contributed by atoms with Crippen LogP contribution in [0.15, 0.2) is 23.1 Å². The molecule has 0 amide bonds. The lowest BCUT2D eigenvalue weighted by Gasteiger charge is -2.27. The van der Waals surface area contributed by atoms with E-state index in [9.17, 15) is 18.0 Å². The largest absolute Gasteiger partial charge is 0.495 e. The molecule has 1 saturated heterocycles. The number of aromatic amines is 1. The lowest BCUT2D eigenvalue weighted by Crippen LogP contribution is -2.35. The molecular weight excluding hydrogens is 430 g/mol. The van der Waals surface area contributed by atoms with Gasteiger partial charge in [0, 0.05) is 30.0 Å². The van der Waals surface area contributed by atoms with Crippen LogP contribution >= 0.6 is 0 Å². The average molecular weight is 462 g/mol. The molecule has 1 aromatic heterocycles. The molecule has 32 heavy (non-hydrogen) atoms. The van der Waals surface area contributed by atoms with Gasteiger partial charge >= 0.3 is 0 Å². The number of aromatic nitrogens is 1. The second-order valence-electron chi connectivity index (χ2n) is 8.24. The Balaban J connectivity index is 1.88. The highest BCUT2D eigenvalue weighted by Crippen LogP contribution is 2.31. The standard InChI is InChI=1S/C23H31N3O5S/c1-14-21(17(4)27)15(2)25-22(14)23(28)16(3)24-18-9-10-19(31-5)20(13-18)32(29,30)26-11-7-6-8-12-26/h9-10,13,16,24-25H,6-8,11-12H2,1-5H3. The normalized spacial score (nSPS) is 15.9. The smallest absolute Gasteiger partial charge is 0.246 e. The number of sulfonamides is 1. The van der Waals surface area contributed by atoms with Crippen LogP contribution in [0.2, 0.25) is 0 Å². The van der Waals surface area contributed by atoms with Crippen LogP contribution in [-0.4, -0.2) is 55.5 Å². The maximum absolute atomic E-state index is 13.2. The second-order valence-corrected chi connectivity index (χ2v) is 10.1. The quantitative estimate of drug-likeness (QED) is 0.580. The minimum absolute atomic E-state index is 0.0808. The minimum Gasteiger partial charge on any atom is -0.495 e. The van der Waals surface area contributed by atoms with Gasteiger partial charge in [-0.05, 0) is 64.3 Å². The molecule has 1 atom stereocenters. The van der Waals surface area contributed by atoms with E-state index < -0.39 is 16.1 Å². The molecule has 1 aliphatic heterocycles. The first kappa shape index (κ1) is 24.0. The van der Waals surface area contributed by atoms with Crippen molar-refractivity contribution in [3.8, 4) is 5.75 Å². The average Bonchev–Trinajstić information content (AvgIpc) is 3.07.